The summed E-state index contributed by atoms with van der Waals surface area (Å²) in [4.78, 5) is 0.346. The molecule has 2 N–H and O–H groups in total. The first-order valence-electron chi connectivity index (χ1n) is 8.39. The highest BCUT2D eigenvalue weighted by molar-refractivity contribution is 7.99. The van der Waals surface area contributed by atoms with E-state index < -0.39 is 10.0 Å². The molecule has 0 aliphatic carbocycles. The Morgan fingerprint density at radius 3 is 2.47 bits per heavy atom. The molecule has 0 saturated heterocycles. The van der Waals surface area contributed by atoms with Crippen molar-refractivity contribution in [1.29, 1.82) is 0 Å². The number of aromatic nitrogens is 4. The molecule has 0 atom stereocenters. The number of phenols is 1. The molecular formula is C18H13Cl2N5O3S2. The summed E-state index contributed by atoms with van der Waals surface area (Å²) in [6.07, 6.45) is 0. The maximum absolute atomic E-state index is 13.0. The average molecular weight is 482 g/mol. The molecule has 154 valence electrons. The van der Waals surface area contributed by atoms with Crippen molar-refractivity contribution in [1.82, 2.24) is 20.2 Å². The molecule has 1 aromatic heterocycles. The molecule has 0 amide bonds. The number of tetrazole rings is 1. The number of rotatable bonds is 5. The van der Waals surface area contributed by atoms with Gasteiger partial charge in [0.15, 0.2) is 0 Å². The Balaban J connectivity index is 1.82. The van der Waals surface area contributed by atoms with E-state index in [-0.39, 0.29) is 26.4 Å². The van der Waals surface area contributed by atoms with Crippen molar-refractivity contribution < 1.29 is 13.5 Å². The summed E-state index contributed by atoms with van der Waals surface area (Å²) in [5, 5.41) is 23.8. The van der Waals surface area contributed by atoms with Crippen LogP contribution in [0.4, 0.5) is 5.69 Å². The van der Waals surface area contributed by atoms with Gasteiger partial charge in [-0.2, -0.15) is 0 Å². The van der Waals surface area contributed by atoms with Crippen molar-refractivity contribution in [2.75, 3.05) is 4.72 Å². The number of hydrogen-bond donors (Lipinski definition) is 2. The predicted molar refractivity (Wildman–Crippen MR) is 116 cm³/mol. The van der Waals surface area contributed by atoms with Gasteiger partial charge in [-0.05, 0) is 46.5 Å². The summed E-state index contributed by atoms with van der Waals surface area (Å²) >= 11 is 13.0. The topological polar surface area (TPSA) is 110 Å². The van der Waals surface area contributed by atoms with Crippen LogP contribution in [0.15, 0.2) is 63.5 Å². The van der Waals surface area contributed by atoms with Crippen LogP contribution in [0.3, 0.4) is 0 Å². The lowest BCUT2D eigenvalue weighted by Crippen LogP contribution is -2.13. The van der Waals surface area contributed by atoms with E-state index in [1.54, 1.807) is 31.3 Å². The lowest BCUT2D eigenvalue weighted by molar-refractivity contribution is 0.469. The minimum absolute atomic E-state index is 0.00362. The van der Waals surface area contributed by atoms with Crippen molar-refractivity contribution >= 4 is 61.4 Å². The molecule has 3 aromatic carbocycles. The summed E-state index contributed by atoms with van der Waals surface area (Å²) in [5.41, 5.74) is 0.284. The molecule has 0 radical (unpaired) electrons. The smallest absolute Gasteiger partial charge is 0.261 e. The van der Waals surface area contributed by atoms with E-state index in [2.05, 4.69) is 20.2 Å². The first-order chi connectivity index (χ1) is 14.3. The van der Waals surface area contributed by atoms with Crippen molar-refractivity contribution in [3.8, 4) is 5.75 Å². The summed E-state index contributed by atoms with van der Waals surface area (Å²) in [5.74, 6) is -0.00362. The number of fused-ring (bicyclic) bond motifs is 1. The van der Waals surface area contributed by atoms with Crippen molar-refractivity contribution in [3.63, 3.8) is 0 Å². The standard InChI is InChI=1S/C18H13Cl2N5O3S2/c1-25-18(21-23-24-25)29-16-9-15(11-4-2-3-5-12(11)17(16)26)22-30(27,28)10-6-7-13(19)14(20)8-10/h2-9,22,26H,1H3. The second kappa shape index (κ2) is 7.95. The third-order valence-corrected chi connectivity index (χ3v) is 7.37. The van der Waals surface area contributed by atoms with Gasteiger partial charge < -0.3 is 5.11 Å². The molecule has 0 spiro atoms. The lowest BCUT2D eigenvalue weighted by atomic mass is 10.1. The Morgan fingerprint density at radius 1 is 1.07 bits per heavy atom. The SMILES string of the molecule is Cn1nnnc1Sc1cc(NS(=O)(=O)c2ccc(Cl)c(Cl)c2)c2ccccc2c1O. The number of aromatic hydroxyl groups is 1. The highest BCUT2D eigenvalue weighted by Crippen LogP contribution is 2.42. The van der Waals surface area contributed by atoms with Gasteiger partial charge in [0.25, 0.3) is 10.0 Å². The fourth-order valence-corrected chi connectivity index (χ4v) is 5.04. The average Bonchev–Trinajstić information content (AvgIpc) is 3.12. The molecule has 30 heavy (non-hydrogen) atoms. The molecule has 0 fully saturated rings. The summed E-state index contributed by atoms with van der Waals surface area (Å²) < 4.78 is 29.9. The molecule has 4 aromatic rings. The van der Waals surface area contributed by atoms with Crippen LogP contribution in [-0.4, -0.2) is 33.7 Å². The van der Waals surface area contributed by atoms with Gasteiger partial charge in [-0.3, -0.25) is 4.72 Å². The van der Waals surface area contributed by atoms with Crippen molar-refractivity contribution in [2.24, 2.45) is 7.05 Å². The number of hydrogen-bond acceptors (Lipinski definition) is 7. The quantitative estimate of drug-likeness (QED) is 0.408. The Morgan fingerprint density at radius 2 is 1.80 bits per heavy atom. The van der Waals surface area contributed by atoms with Gasteiger partial charge >= 0.3 is 0 Å². The maximum Gasteiger partial charge on any atom is 0.261 e. The second-order valence-electron chi connectivity index (χ2n) is 6.18. The summed E-state index contributed by atoms with van der Waals surface area (Å²) in [7, 11) is -2.31. The number of nitrogens with one attached hydrogen (secondary N) is 1. The zero-order valence-corrected chi connectivity index (χ0v) is 18.4. The van der Waals surface area contributed by atoms with E-state index >= 15 is 0 Å². The van der Waals surface area contributed by atoms with Gasteiger partial charge in [0.1, 0.15) is 5.75 Å². The lowest BCUT2D eigenvalue weighted by Gasteiger charge is -2.15. The van der Waals surface area contributed by atoms with Gasteiger partial charge in [-0.25, -0.2) is 13.1 Å². The van der Waals surface area contributed by atoms with Gasteiger partial charge in [-0.15, -0.1) is 5.10 Å². The molecule has 0 aliphatic heterocycles. The molecule has 0 saturated carbocycles. The highest BCUT2D eigenvalue weighted by Gasteiger charge is 2.20. The maximum atomic E-state index is 13.0. The normalized spacial score (nSPS) is 11.7. The third-order valence-electron chi connectivity index (χ3n) is 4.21. The first kappa shape index (κ1) is 20.7. The van der Waals surface area contributed by atoms with Crippen LogP contribution in [0.25, 0.3) is 10.8 Å². The molecule has 0 aliphatic rings. The number of nitrogens with zero attached hydrogens (tertiary/aromatic N) is 4. The van der Waals surface area contributed by atoms with Crippen LogP contribution < -0.4 is 4.72 Å². The number of aryl methyl sites for hydroxylation is 1. The van der Waals surface area contributed by atoms with E-state index in [0.29, 0.717) is 20.8 Å². The molecule has 4 rings (SSSR count). The number of sulfonamides is 1. The monoisotopic (exact) mass is 481 g/mol. The van der Waals surface area contributed by atoms with Gasteiger partial charge in [0.2, 0.25) is 5.16 Å². The number of benzene rings is 3. The van der Waals surface area contributed by atoms with E-state index in [9.17, 15) is 13.5 Å². The zero-order chi connectivity index (χ0) is 21.5. The van der Waals surface area contributed by atoms with Gasteiger partial charge in [-0.1, -0.05) is 47.5 Å². The third kappa shape index (κ3) is 3.91. The zero-order valence-electron chi connectivity index (χ0n) is 15.2. The number of anilines is 1. The number of halogens is 2. The molecule has 12 heteroatoms. The van der Waals surface area contributed by atoms with Crippen LogP contribution in [-0.2, 0) is 17.1 Å². The fraction of sp³-hybridized carbons (Fsp3) is 0.0556. The van der Waals surface area contributed by atoms with Crippen LogP contribution in [0.5, 0.6) is 5.75 Å². The predicted octanol–water partition coefficient (Wildman–Crippen LogP) is 4.33. The Kier molecular flexibility index (Phi) is 5.49. The molecule has 1 heterocycles. The Bertz CT molecular complexity index is 1380. The minimum Gasteiger partial charge on any atom is -0.506 e. The summed E-state index contributed by atoms with van der Waals surface area (Å²) in [6, 6.07) is 12.5. The van der Waals surface area contributed by atoms with Gasteiger partial charge in [0.05, 0.1) is 25.5 Å². The van der Waals surface area contributed by atoms with Crippen LogP contribution in [0, 0.1) is 0 Å². The fourth-order valence-electron chi connectivity index (χ4n) is 2.75. The molecular weight excluding hydrogens is 469 g/mol. The first-order valence-corrected chi connectivity index (χ1v) is 11.4. The van der Waals surface area contributed by atoms with E-state index in [1.165, 1.54) is 28.9 Å². The minimum atomic E-state index is -3.97. The van der Waals surface area contributed by atoms with Crippen molar-refractivity contribution in [2.45, 2.75) is 14.9 Å². The van der Waals surface area contributed by atoms with Crippen LogP contribution >= 0.6 is 35.0 Å². The van der Waals surface area contributed by atoms with Gasteiger partial charge in [0, 0.05) is 17.8 Å². The summed E-state index contributed by atoms with van der Waals surface area (Å²) in [6.45, 7) is 0. The van der Waals surface area contributed by atoms with E-state index in [0.717, 1.165) is 11.8 Å². The van der Waals surface area contributed by atoms with E-state index in [4.69, 9.17) is 23.2 Å². The molecule has 8 nitrogen and oxygen atoms in total. The largest absolute Gasteiger partial charge is 0.506 e. The molecule has 0 unspecified atom stereocenters. The molecule has 0 bridgehead atoms. The van der Waals surface area contributed by atoms with Crippen molar-refractivity contribution in [3.05, 3.63) is 58.6 Å². The Hall–Kier alpha value is -2.53. The van der Waals surface area contributed by atoms with Crippen LogP contribution in [0.2, 0.25) is 10.0 Å². The Labute approximate surface area is 185 Å². The highest BCUT2D eigenvalue weighted by atomic mass is 35.5. The van der Waals surface area contributed by atoms with Crippen LogP contribution in [0.1, 0.15) is 0 Å². The van der Waals surface area contributed by atoms with E-state index in [1.807, 2.05) is 0 Å². The number of phenolic OH excluding ortho intramolecular Hbond substituents is 1. The second-order valence-corrected chi connectivity index (χ2v) is 9.69.